The average Bonchev–Trinajstić information content (AvgIpc) is 2.45. The summed E-state index contributed by atoms with van der Waals surface area (Å²) in [6.45, 7) is 7.82. The molecule has 5 nitrogen and oxygen atoms in total. The molecule has 0 unspecified atom stereocenters. The zero-order valence-electron chi connectivity index (χ0n) is 12.8. The summed E-state index contributed by atoms with van der Waals surface area (Å²) in [7, 11) is 0. The number of carbonyl (C=O) groups is 1. The summed E-state index contributed by atoms with van der Waals surface area (Å²) in [5.74, 6) is -0.769. The number of anilines is 1. The van der Waals surface area contributed by atoms with Crippen LogP contribution < -0.4 is 5.32 Å². The third-order valence-corrected chi connectivity index (χ3v) is 3.55. The molecule has 1 saturated heterocycles. The lowest BCUT2D eigenvalue weighted by Gasteiger charge is -2.42. The molecule has 1 aromatic rings. The fourth-order valence-electron chi connectivity index (χ4n) is 2.36. The van der Waals surface area contributed by atoms with Crippen LogP contribution in [0.1, 0.15) is 37.6 Å². The summed E-state index contributed by atoms with van der Waals surface area (Å²) in [6.07, 6.45) is 2.32. The van der Waals surface area contributed by atoms with Gasteiger partial charge in [-0.2, -0.15) is 0 Å². The lowest BCUT2D eigenvalue weighted by molar-refractivity contribution is -0.0372. The molecule has 0 bridgehead atoms. The summed E-state index contributed by atoms with van der Waals surface area (Å²) < 4.78 is 19.8. The van der Waals surface area contributed by atoms with Crippen LogP contribution in [0.15, 0.2) is 12.3 Å². The van der Waals surface area contributed by atoms with Crippen molar-refractivity contribution in [2.75, 3.05) is 31.6 Å². The minimum Gasteiger partial charge on any atom is -0.377 e. The van der Waals surface area contributed by atoms with Crippen molar-refractivity contribution in [2.24, 2.45) is 0 Å². The standard InChI is InChI=1S/C15H22FN3O2/c1-4-6-17-13-12(16)11(5-7-18-13)14(20)19-8-9-21-10-15(19,2)3/h5,7H,4,6,8-10H2,1-3H3,(H,17,18). The minimum absolute atomic E-state index is 0.0542. The number of hydrogen-bond donors (Lipinski definition) is 1. The van der Waals surface area contributed by atoms with Crippen molar-refractivity contribution in [1.29, 1.82) is 0 Å². The Bertz CT molecular complexity index is 520. The van der Waals surface area contributed by atoms with E-state index in [0.29, 0.717) is 26.3 Å². The molecule has 1 aliphatic heterocycles. The summed E-state index contributed by atoms with van der Waals surface area (Å²) >= 11 is 0. The maximum Gasteiger partial charge on any atom is 0.257 e. The first-order chi connectivity index (χ1) is 9.97. The number of morpholine rings is 1. The van der Waals surface area contributed by atoms with Crippen molar-refractivity contribution in [2.45, 2.75) is 32.7 Å². The Balaban J connectivity index is 2.26. The topological polar surface area (TPSA) is 54.5 Å². The summed E-state index contributed by atoms with van der Waals surface area (Å²) in [5, 5.41) is 2.90. The van der Waals surface area contributed by atoms with E-state index in [-0.39, 0.29) is 17.3 Å². The third-order valence-electron chi connectivity index (χ3n) is 3.55. The number of halogens is 1. The van der Waals surface area contributed by atoms with Gasteiger partial charge < -0.3 is 15.0 Å². The largest absolute Gasteiger partial charge is 0.377 e. The van der Waals surface area contributed by atoms with Crippen LogP contribution in [0.5, 0.6) is 0 Å². The molecule has 1 aliphatic rings. The van der Waals surface area contributed by atoms with E-state index in [1.54, 1.807) is 4.90 Å². The van der Waals surface area contributed by atoms with Gasteiger partial charge >= 0.3 is 0 Å². The predicted octanol–water partition coefficient (Wildman–Crippen LogP) is 2.29. The lowest BCUT2D eigenvalue weighted by atomic mass is 10.0. The zero-order chi connectivity index (χ0) is 15.5. The normalized spacial score (nSPS) is 17.6. The smallest absolute Gasteiger partial charge is 0.257 e. The van der Waals surface area contributed by atoms with E-state index < -0.39 is 11.4 Å². The van der Waals surface area contributed by atoms with Crippen LogP contribution in [0.2, 0.25) is 0 Å². The predicted molar refractivity (Wildman–Crippen MR) is 78.9 cm³/mol. The lowest BCUT2D eigenvalue weighted by Crippen LogP contribution is -2.55. The molecule has 1 amide bonds. The first-order valence-electron chi connectivity index (χ1n) is 7.25. The highest BCUT2D eigenvalue weighted by molar-refractivity contribution is 5.95. The summed E-state index contributed by atoms with van der Waals surface area (Å²) in [5.41, 5.74) is -0.388. The molecule has 116 valence electrons. The van der Waals surface area contributed by atoms with E-state index in [1.807, 2.05) is 20.8 Å². The Morgan fingerprint density at radius 1 is 1.57 bits per heavy atom. The minimum atomic E-state index is -0.585. The van der Waals surface area contributed by atoms with Crippen LogP contribution in [0.4, 0.5) is 10.2 Å². The SMILES string of the molecule is CCCNc1nccc(C(=O)N2CCOCC2(C)C)c1F. The van der Waals surface area contributed by atoms with E-state index in [1.165, 1.54) is 12.3 Å². The molecule has 0 atom stereocenters. The molecule has 0 aromatic carbocycles. The van der Waals surface area contributed by atoms with E-state index in [9.17, 15) is 9.18 Å². The van der Waals surface area contributed by atoms with Gasteiger partial charge in [0.15, 0.2) is 11.6 Å². The fourth-order valence-corrected chi connectivity index (χ4v) is 2.36. The Labute approximate surface area is 124 Å². The summed E-state index contributed by atoms with van der Waals surface area (Å²) in [6, 6.07) is 1.43. The molecular formula is C15H22FN3O2. The number of amides is 1. The number of hydrogen-bond acceptors (Lipinski definition) is 4. The van der Waals surface area contributed by atoms with Crippen molar-refractivity contribution in [3.8, 4) is 0 Å². The second-order valence-corrected chi connectivity index (χ2v) is 5.77. The Hall–Kier alpha value is -1.69. The van der Waals surface area contributed by atoms with E-state index >= 15 is 0 Å². The van der Waals surface area contributed by atoms with Crippen LogP contribution in [0, 0.1) is 5.82 Å². The number of pyridine rings is 1. The number of nitrogens with zero attached hydrogens (tertiary/aromatic N) is 2. The van der Waals surface area contributed by atoms with Gasteiger partial charge in [0.2, 0.25) is 0 Å². The quantitative estimate of drug-likeness (QED) is 0.926. The highest BCUT2D eigenvalue weighted by atomic mass is 19.1. The van der Waals surface area contributed by atoms with Crippen molar-refractivity contribution in [3.05, 3.63) is 23.6 Å². The molecule has 1 aromatic heterocycles. The molecule has 0 spiro atoms. The number of rotatable bonds is 4. The average molecular weight is 295 g/mol. The van der Waals surface area contributed by atoms with Gasteiger partial charge in [-0.15, -0.1) is 0 Å². The number of ether oxygens (including phenoxy) is 1. The molecule has 0 aliphatic carbocycles. The first kappa shape index (κ1) is 15.7. The molecule has 6 heteroatoms. The van der Waals surface area contributed by atoms with E-state index in [0.717, 1.165) is 6.42 Å². The fraction of sp³-hybridized carbons (Fsp3) is 0.600. The Kier molecular flexibility index (Phi) is 4.77. The molecule has 0 radical (unpaired) electrons. The molecule has 2 rings (SSSR count). The Morgan fingerprint density at radius 3 is 3.00 bits per heavy atom. The van der Waals surface area contributed by atoms with E-state index in [4.69, 9.17) is 4.74 Å². The molecular weight excluding hydrogens is 273 g/mol. The van der Waals surface area contributed by atoms with E-state index in [2.05, 4.69) is 10.3 Å². The van der Waals surface area contributed by atoms with Crippen molar-refractivity contribution >= 4 is 11.7 Å². The van der Waals surface area contributed by atoms with Gasteiger partial charge in [0.25, 0.3) is 5.91 Å². The first-order valence-corrected chi connectivity index (χ1v) is 7.25. The monoisotopic (exact) mass is 295 g/mol. The molecule has 21 heavy (non-hydrogen) atoms. The van der Waals surface area contributed by atoms with Crippen molar-refractivity contribution in [3.63, 3.8) is 0 Å². The third kappa shape index (κ3) is 3.32. The van der Waals surface area contributed by atoms with Gasteiger partial charge in [-0.05, 0) is 26.3 Å². The van der Waals surface area contributed by atoms with Gasteiger partial charge in [-0.25, -0.2) is 9.37 Å². The van der Waals surface area contributed by atoms with Crippen LogP contribution in [-0.2, 0) is 4.74 Å². The molecule has 2 heterocycles. The van der Waals surface area contributed by atoms with Gasteiger partial charge in [0, 0.05) is 19.3 Å². The number of aromatic nitrogens is 1. The van der Waals surface area contributed by atoms with Gasteiger partial charge in [0.1, 0.15) is 0 Å². The van der Waals surface area contributed by atoms with Crippen molar-refractivity contribution in [1.82, 2.24) is 9.88 Å². The second kappa shape index (κ2) is 6.39. The Morgan fingerprint density at radius 2 is 2.33 bits per heavy atom. The number of nitrogens with one attached hydrogen (secondary N) is 1. The van der Waals surface area contributed by atoms with Crippen LogP contribution in [0.3, 0.4) is 0 Å². The number of carbonyl (C=O) groups excluding carboxylic acids is 1. The van der Waals surface area contributed by atoms with Gasteiger partial charge in [-0.3, -0.25) is 4.79 Å². The highest BCUT2D eigenvalue weighted by Gasteiger charge is 2.35. The zero-order valence-corrected chi connectivity index (χ0v) is 12.8. The highest BCUT2D eigenvalue weighted by Crippen LogP contribution is 2.24. The molecule has 1 fully saturated rings. The van der Waals surface area contributed by atoms with Crippen molar-refractivity contribution < 1.29 is 13.9 Å². The van der Waals surface area contributed by atoms with Gasteiger partial charge in [0.05, 0.1) is 24.3 Å². The maximum atomic E-state index is 14.4. The molecule has 0 saturated carbocycles. The summed E-state index contributed by atoms with van der Waals surface area (Å²) in [4.78, 5) is 18.3. The van der Waals surface area contributed by atoms with Crippen LogP contribution in [-0.4, -0.2) is 47.6 Å². The maximum absolute atomic E-state index is 14.4. The van der Waals surface area contributed by atoms with Crippen LogP contribution >= 0.6 is 0 Å². The molecule has 1 N–H and O–H groups in total. The second-order valence-electron chi connectivity index (χ2n) is 5.77. The van der Waals surface area contributed by atoms with Gasteiger partial charge in [-0.1, -0.05) is 6.92 Å². The van der Waals surface area contributed by atoms with Crippen LogP contribution in [0.25, 0.3) is 0 Å².